The molecule has 0 aromatic rings. The lowest BCUT2D eigenvalue weighted by atomic mass is 9.74. The van der Waals surface area contributed by atoms with Crippen LogP contribution in [0.5, 0.6) is 0 Å². The molecule has 0 aromatic carbocycles. The molecule has 0 radical (unpaired) electrons. The summed E-state index contributed by atoms with van der Waals surface area (Å²) in [7, 11) is 0. The molecule has 2 heteroatoms. The highest BCUT2D eigenvalue weighted by molar-refractivity contribution is 5.04. The molecule has 2 aliphatic carbocycles. The van der Waals surface area contributed by atoms with Gasteiger partial charge in [0, 0.05) is 0 Å². The molecule has 1 atom stereocenters. The second-order valence-corrected chi connectivity index (χ2v) is 8.73. The average Bonchev–Trinajstić information content (AvgIpc) is 2.57. The molecule has 23 heavy (non-hydrogen) atoms. The fraction of sp³-hybridized carbons (Fsp3) is 0.905. The largest absolute Gasteiger partial charge is 0.467 e. The number of hydrogen-bond acceptors (Lipinski definition) is 1. The molecule has 0 N–H and O–H groups in total. The van der Waals surface area contributed by atoms with E-state index in [1.807, 2.05) is 6.92 Å². The maximum atomic E-state index is 13.7. The van der Waals surface area contributed by atoms with E-state index in [0.29, 0.717) is 5.92 Å². The van der Waals surface area contributed by atoms with E-state index in [9.17, 15) is 4.39 Å². The molecule has 0 spiro atoms. The summed E-state index contributed by atoms with van der Waals surface area (Å²) in [6, 6.07) is -0.282. The van der Waals surface area contributed by atoms with Gasteiger partial charge < -0.3 is 4.74 Å². The first kappa shape index (κ1) is 17.3. The quantitative estimate of drug-likeness (QED) is 0.554. The molecule has 0 bridgehead atoms. The van der Waals surface area contributed by atoms with Crippen molar-refractivity contribution in [3.05, 3.63) is 11.6 Å². The molecule has 0 amide bonds. The summed E-state index contributed by atoms with van der Waals surface area (Å²) in [6.07, 6.45) is 16.0. The maximum Gasteiger partial charge on any atom is 0.271 e. The van der Waals surface area contributed by atoms with E-state index in [2.05, 4.69) is 6.92 Å². The number of halogens is 1. The molecule has 1 nitrogen and oxygen atoms in total. The van der Waals surface area contributed by atoms with Gasteiger partial charge in [0.2, 0.25) is 0 Å². The van der Waals surface area contributed by atoms with Crippen LogP contribution in [0.25, 0.3) is 0 Å². The Morgan fingerprint density at radius 3 is 2.00 bits per heavy atom. The normalized spacial score (nSPS) is 39.2. The number of allylic oxidation sites excluding steroid dienone is 1. The topological polar surface area (TPSA) is 9.23 Å². The number of rotatable bonds is 4. The third-order valence-electron chi connectivity index (χ3n) is 6.93. The van der Waals surface area contributed by atoms with Crippen LogP contribution in [0.1, 0.15) is 90.9 Å². The van der Waals surface area contributed by atoms with Crippen molar-refractivity contribution in [3.8, 4) is 0 Å². The van der Waals surface area contributed by atoms with Crippen LogP contribution < -0.4 is 0 Å². The van der Waals surface area contributed by atoms with Gasteiger partial charge in [-0.3, -0.25) is 0 Å². The fourth-order valence-corrected chi connectivity index (χ4v) is 5.02. The molecular weight excluding hydrogens is 287 g/mol. The molecule has 132 valence electrons. The van der Waals surface area contributed by atoms with Gasteiger partial charge in [0.25, 0.3) is 6.01 Å². The van der Waals surface area contributed by atoms with E-state index >= 15 is 0 Å². The highest BCUT2D eigenvalue weighted by Gasteiger charge is 2.32. The molecule has 1 unspecified atom stereocenters. The van der Waals surface area contributed by atoms with Crippen molar-refractivity contribution >= 4 is 0 Å². The Morgan fingerprint density at radius 2 is 1.43 bits per heavy atom. The van der Waals surface area contributed by atoms with Crippen molar-refractivity contribution in [1.82, 2.24) is 0 Å². The van der Waals surface area contributed by atoms with Gasteiger partial charge in [0.05, 0.1) is 0 Å². The molecule has 0 aromatic heterocycles. The van der Waals surface area contributed by atoms with Crippen LogP contribution in [-0.4, -0.2) is 6.10 Å². The zero-order valence-electron chi connectivity index (χ0n) is 15.2. The van der Waals surface area contributed by atoms with Crippen molar-refractivity contribution in [1.29, 1.82) is 0 Å². The molecule has 2 saturated carbocycles. The summed E-state index contributed by atoms with van der Waals surface area (Å²) in [5.74, 6) is 3.50. The van der Waals surface area contributed by atoms with E-state index in [0.717, 1.165) is 36.2 Å². The third kappa shape index (κ3) is 4.73. The van der Waals surface area contributed by atoms with E-state index < -0.39 is 0 Å². The van der Waals surface area contributed by atoms with Gasteiger partial charge >= 0.3 is 0 Å². The van der Waals surface area contributed by atoms with Crippen molar-refractivity contribution in [3.63, 3.8) is 0 Å². The van der Waals surface area contributed by atoms with Gasteiger partial charge in [-0.2, -0.15) is 4.39 Å². The molecule has 2 fully saturated rings. The van der Waals surface area contributed by atoms with E-state index in [1.165, 1.54) is 64.2 Å². The lowest BCUT2D eigenvalue weighted by Gasteiger charge is -2.36. The van der Waals surface area contributed by atoms with Gasteiger partial charge in [0.15, 0.2) is 0 Å². The first-order valence-corrected chi connectivity index (χ1v) is 10.1. The minimum absolute atomic E-state index is 0.152. The summed E-state index contributed by atoms with van der Waals surface area (Å²) in [4.78, 5) is 0. The smallest absolute Gasteiger partial charge is 0.271 e. The standard InChI is InChI=1S/C21H35FO/c1-15-3-6-17(7-4-15)8-9-18-10-12-19(13-11-18)20-14-5-16(2)21(22)23-20/h15,17-20H,3-14H2,1-2H3. The van der Waals surface area contributed by atoms with Crippen LogP contribution in [-0.2, 0) is 4.74 Å². The Hall–Kier alpha value is -0.530. The van der Waals surface area contributed by atoms with Crippen LogP contribution in [0.15, 0.2) is 11.6 Å². The van der Waals surface area contributed by atoms with E-state index in [1.54, 1.807) is 0 Å². The second-order valence-electron chi connectivity index (χ2n) is 8.73. The zero-order chi connectivity index (χ0) is 16.2. The Morgan fingerprint density at radius 1 is 0.870 bits per heavy atom. The molecule has 1 aliphatic heterocycles. The van der Waals surface area contributed by atoms with Crippen molar-refractivity contribution in [2.24, 2.45) is 23.7 Å². The number of ether oxygens (including phenoxy) is 1. The summed E-state index contributed by atoms with van der Waals surface area (Å²) < 4.78 is 19.2. The van der Waals surface area contributed by atoms with Gasteiger partial charge in [-0.05, 0) is 61.9 Å². The highest BCUT2D eigenvalue weighted by atomic mass is 19.1. The van der Waals surface area contributed by atoms with Crippen LogP contribution in [0.4, 0.5) is 4.39 Å². The van der Waals surface area contributed by atoms with Crippen LogP contribution in [0.3, 0.4) is 0 Å². The Kier molecular flexibility index (Phi) is 6.04. The second kappa shape index (κ2) is 8.03. The first-order chi connectivity index (χ1) is 11.1. The summed E-state index contributed by atoms with van der Waals surface area (Å²) in [5, 5.41) is 0. The lowest BCUT2D eigenvalue weighted by molar-refractivity contribution is -0.00972. The van der Waals surface area contributed by atoms with Crippen LogP contribution in [0, 0.1) is 23.7 Å². The molecule has 3 aliphatic rings. The lowest BCUT2D eigenvalue weighted by Crippen LogP contribution is -2.30. The number of hydrogen-bond donors (Lipinski definition) is 0. The SMILES string of the molecule is CC1=C(F)OC(C2CCC(CCC3CCC(C)CC3)CC2)CC1. The predicted molar refractivity (Wildman–Crippen MR) is 93.7 cm³/mol. The Labute approximate surface area is 142 Å². The summed E-state index contributed by atoms with van der Waals surface area (Å²) >= 11 is 0. The molecule has 1 heterocycles. The minimum atomic E-state index is -0.282. The van der Waals surface area contributed by atoms with Gasteiger partial charge in [-0.25, -0.2) is 0 Å². The van der Waals surface area contributed by atoms with Crippen molar-refractivity contribution in [2.75, 3.05) is 0 Å². The van der Waals surface area contributed by atoms with Crippen molar-refractivity contribution < 1.29 is 9.13 Å². The van der Waals surface area contributed by atoms with Gasteiger partial charge in [-0.1, -0.05) is 58.3 Å². The summed E-state index contributed by atoms with van der Waals surface area (Å²) in [5.41, 5.74) is 0.803. The van der Waals surface area contributed by atoms with Crippen molar-refractivity contribution in [2.45, 2.75) is 97.0 Å². The first-order valence-electron chi connectivity index (χ1n) is 10.1. The Balaban J connectivity index is 1.36. The monoisotopic (exact) mass is 322 g/mol. The molecule has 3 rings (SSSR count). The maximum absolute atomic E-state index is 13.7. The van der Waals surface area contributed by atoms with E-state index in [4.69, 9.17) is 4.74 Å². The third-order valence-corrected chi connectivity index (χ3v) is 6.93. The zero-order valence-corrected chi connectivity index (χ0v) is 15.2. The molecular formula is C21H35FO. The van der Waals surface area contributed by atoms with Crippen LogP contribution >= 0.6 is 0 Å². The minimum Gasteiger partial charge on any atom is -0.467 e. The van der Waals surface area contributed by atoms with Gasteiger partial charge in [-0.15, -0.1) is 0 Å². The Bertz CT molecular complexity index is 400. The fourth-order valence-electron chi connectivity index (χ4n) is 5.02. The molecule has 0 saturated heterocycles. The van der Waals surface area contributed by atoms with Gasteiger partial charge in [0.1, 0.15) is 6.10 Å². The highest BCUT2D eigenvalue weighted by Crippen LogP contribution is 2.40. The summed E-state index contributed by atoms with van der Waals surface area (Å²) in [6.45, 7) is 4.26. The van der Waals surface area contributed by atoms with E-state index in [-0.39, 0.29) is 12.1 Å². The predicted octanol–water partition coefficient (Wildman–Crippen LogP) is 6.78. The van der Waals surface area contributed by atoms with Crippen LogP contribution in [0.2, 0.25) is 0 Å². The average molecular weight is 323 g/mol.